The molecule has 3 aromatic carbocycles. The summed E-state index contributed by atoms with van der Waals surface area (Å²) in [6, 6.07) is 21.1. The summed E-state index contributed by atoms with van der Waals surface area (Å²) in [5.74, 6) is -2.10. The molecule has 1 fully saturated rings. The molecule has 1 heterocycles. The fraction of sp³-hybridized carbons (Fsp3) is 0.231. The zero-order valence-electron chi connectivity index (χ0n) is 18.1. The number of rotatable bonds is 7. The smallest absolute Gasteiger partial charge is 0.237 e. The van der Waals surface area contributed by atoms with Crippen LogP contribution in [0.2, 0.25) is 0 Å². The summed E-state index contributed by atoms with van der Waals surface area (Å²) < 4.78 is 27.6. The zero-order chi connectivity index (χ0) is 23.2. The number of amides is 2. The lowest BCUT2D eigenvalue weighted by atomic mass is 10.0. The van der Waals surface area contributed by atoms with Crippen LogP contribution in [0.15, 0.2) is 72.8 Å². The zero-order valence-corrected chi connectivity index (χ0v) is 18.1. The molecular formula is C26H25F2N3O2. The first-order valence-electron chi connectivity index (χ1n) is 10.9. The topological polar surface area (TPSA) is 61.4 Å². The van der Waals surface area contributed by atoms with Gasteiger partial charge in [-0.2, -0.15) is 0 Å². The minimum atomic E-state index is -0.716. The summed E-state index contributed by atoms with van der Waals surface area (Å²) in [7, 11) is 0. The third-order valence-electron chi connectivity index (χ3n) is 5.79. The van der Waals surface area contributed by atoms with Gasteiger partial charge in [0.25, 0.3) is 0 Å². The fourth-order valence-corrected chi connectivity index (χ4v) is 3.98. The Kier molecular flexibility index (Phi) is 7.10. The largest absolute Gasteiger partial charge is 0.353 e. The monoisotopic (exact) mass is 449 g/mol. The number of piperazine rings is 1. The van der Waals surface area contributed by atoms with E-state index in [9.17, 15) is 18.4 Å². The van der Waals surface area contributed by atoms with Crippen molar-refractivity contribution in [3.63, 3.8) is 0 Å². The lowest BCUT2D eigenvalue weighted by molar-refractivity contribution is -0.134. The Morgan fingerprint density at radius 2 is 1.61 bits per heavy atom. The van der Waals surface area contributed by atoms with E-state index in [1.807, 2.05) is 59.5 Å². The van der Waals surface area contributed by atoms with Crippen LogP contribution in [0.1, 0.15) is 17.5 Å². The molecule has 0 radical (unpaired) electrons. The van der Waals surface area contributed by atoms with Gasteiger partial charge in [-0.05, 0) is 28.8 Å². The van der Waals surface area contributed by atoms with E-state index in [0.717, 1.165) is 28.8 Å². The van der Waals surface area contributed by atoms with Gasteiger partial charge < -0.3 is 10.6 Å². The van der Waals surface area contributed by atoms with Gasteiger partial charge in [0.15, 0.2) is 0 Å². The van der Waals surface area contributed by atoms with Gasteiger partial charge in [-0.25, -0.2) is 8.78 Å². The van der Waals surface area contributed by atoms with Crippen molar-refractivity contribution in [3.8, 4) is 11.1 Å². The molecule has 1 saturated heterocycles. The SMILES string of the molecule is O=C(C[C@@H]1C(=O)NCCN1Cc1ccc(-c2ccccc2)cc1)NCc1c(F)cccc1F. The van der Waals surface area contributed by atoms with Gasteiger partial charge in [0.05, 0.1) is 12.5 Å². The quantitative estimate of drug-likeness (QED) is 0.579. The van der Waals surface area contributed by atoms with Crippen molar-refractivity contribution in [2.45, 2.75) is 25.6 Å². The number of nitrogens with zero attached hydrogens (tertiary/aromatic N) is 1. The van der Waals surface area contributed by atoms with E-state index in [4.69, 9.17) is 0 Å². The first kappa shape index (κ1) is 22.6. The second kappa shape index (κ2) is 10.4. The van der Waals surface area contributed by atoms with Crippen LogP contribution in [-0.2, 0) is 22.7 Å². The Balaban J connectivity index is 1.39. The molecule has 4 rings (SSSR count). The second-order valence-corrected chi connectivity index (χ2v) is 8.02. The van der Waals surface area contributed by atoms with Crippen molar-refractivity contribution in [1.29, 1.82) is 0 Å². The van der Waals surface area contributed by atoms with E-state index in [2.05, 4.69) is 10.6 Å². The van der Waals surface area contributed by atoms with E-state index < -0.39 is 23.6 Å². The van der Waals surface area contributed by atoms with Crippen molar-refractivity contribution >= 4 is 11.8 Å². The van der Waals surface area contributed by atoms with Crippen LogP contribution in [0, 0.1) is 11.6 Å². The van der Waals surface area contributed by atoms with Crippen LogP contribution in [0.4, 0.5) is 8.78 Å². The van der Waals surface area contributed by atoms with Crippen LogP contribution in [0.5, 0.6) is 0 Å². The molecule has 2 N–H and O–H groups in total. The summed E-state index contributed by atoms with van der Waals surface area (Å²) in [6.45, 7) is 1.35. The van der Waals surface area contributed by atoms with Gasteiger partial charge in [0.2, 0.25) is 11.8 Å². The van der Waals surface area contributed by atoms with Crippen LogP contribution < -0.4 is 10.6 Å². The molecule has 5 nitrogen and oxygen atoms in total. The highest BCUT2D eigenvalue weighted by atomic mass is 19.1. The number of carbonyl (C=O) groups is 2. The van der Waals surface area contributed by atoms with Gasteiger partial charge in [0, 0.05) is 31.7 Å². The third kappa shape index (κ3) is 5.62. The van der Waals surface area contributed by atoms with Crippen LogP contribution in [0.25, 0.3) is 11.1 Å². The molecular weight excluding hydrogens is 424 g/mol. The van der Waals surface area contributed by atoms with Crippen molar-refractivity contribution in [1.82, 2.24) is 15.5 Å². The molecule has 1 aliphatic heterocycles. The molecule has 0 aromatic heterocycles. The molecule has 1 atom stereocenters. The van der Waals surface area contributed by atoms with E-state index in [1.165, 1.54) is 6.07 Å². The summed E-state index contributed by atoms with van der Waals surface area (Å²) in [6.07, 6.45) is -0.0933. The molecule has 0 saturated carbocycles. The lowest BCUT2D eigenvalue weighted by Gasteiger charge is -2.34. The van der Waals surface area contributed by atoms with Gasteiger partial charge >= 0.3 is 0 Å². The minimum Gasteiger partial charge on any atom is -0.353 e. The predicted molar refractivity (Wildman–Crippen MR) is 122 cm³/mol. The number of hydrogen-bond donors (Lipinski definition) is 2. The highest BCUT2D eigenvalue weighted by Gasteiger charge is 2.31. The Morgan fingerprint density at radius 3 is 2.30 bits per heavy atom. The molecule has 0 spiro atoms. The van der Waals surface area contributed by atoms with Crippen molar-refractivity contribution in [3.05, 3.63) is 95.6 Å². The maximum atomic E-state index is 13.8. The normalized spacial score (nSPS) is 16.3. The Bertz CT molecular complexity index is 1100. The van der Waals surface area contributed by atoms with Crippen LogP contribution in [0.3, 0.4) is 0 Å². The first-order chi connectivity index (χ1) is 16.0. The second-order valence-electron chi connectivity index (χ2n) is 8.02. The van der Waals surface area contributed by atoms with E-state index >= 15 is 0 Å². The summed E-state index contributed by atoms with van der Waals surface area (Å²) in [4.78, 5) is 26.9. The predicted octanol–water partition coefficient (Wildman–Crippen LogP) is 3.64. The number of hydrogen-bond acceptors (Lipinski definition) is 3. The average Bonchev–Trinajstić information content (AvgIpc) is 2.82. The first-order valence-corrected chi connectivity index (χ1v) is 10.9. The summed E-state index contributed by atoms with van der Waals surface area (Å²) in [5, 5.41) is 5.33. The van der Waals surface area contributed by atoms with Gasteiger partial charge in [-0.3, -0.25) is 14.5 Å². The molecule has 3 aromatic rings. The number of benzene rings is 3. The maximum absolute atomic E-state index is 13.8. The van der Waals surface area contributed by atoms with Gasteiger partial charge in [-0.15, -0.1) is 0 Å². The maximum Gasteiger partial charge on any atom is 0.237 e. The van der Waals surface area contributed by atoms with E-state index in [1.54, 1.807) is 0 Å². The Labute approximate surface area is 191 Å². The Morgan fingerprint density at radius 1 is 0.939 bits per heavy atom. The van der Waals surface area contributed by atoms with Gasteiger partial charge in [-0.1, -0.05) is 60.7 Å². The highest BCUT2D eigenvalue weighted by molar-refractivity contribution is 5.88. The van der Waals surface area contributed by atoms with Crippen molar-refractivity contribution in [2.24, 2.45) is 0 Å². The van der Waals surface area contributed by atoms with E-state index in [0.29, 0.717) is 19.6 Å². The highest BCUT2D eigenvalue weighted by Crippen LogP contribution is 2.21. The number of carbonyl (C=O) groups excluding carboxylic acids is 2. The standard InChI is InChI=1S/C26H25F2N3O2/c27-22-7-4-8-23(28)21(22)16-30-25(32)15-24-26(33)29-13-14-31(24)17-18-9-11-20(12-10-18)19-5-2-1-3-6-19/h1-12,24H,13-17H2,(H,29,33)(H,30,32)/t24-/m1/s1. The summed E-state index contributed by atoms with van der Waals surface area (Å²) in [5.41, 5.74) is 3.06. The minimum absolute atomic E-state index is 0.0933. The number of halogens is 2. The molecule has 7 heteroatoms. The number of nitrogens with one attached hydrogen (secondary N) is 2. The molecule has 1 aliphatic rings. The molecule has 0 bridgehead atoms. The third-order valence-corrected chi connectivity index (χ3v) is 5.79. The van der Waals surface area contributed by atoms with Crippen molar-refractivity contribution in [2.75, 3.05) is 13.1 Å². The van der Waals surface area contributed by atoms with Gasteiger partial charge in [0.1, 0.15) is 11.6 Å². The summed E-state index contributed by atoms with van der Waals surface area (Å²) >= 11 is 0. The Hall–Kier alpha value is -3.58. The molecule has 170 valence electrons. The van der Waals surface area contributed by atoms with E-state index in [-0.39, 0.29) is 24.4 Å². The molecule has 0 aliphatic carbocycles. The van der Waals surface area contributed by atoms with Crippen molar-refractivity contribution < 1.29 is 18.4 Å². The van der Waals surface area contributed by atoms with Crippen LogP contribution >= 0.6 is 0 Å². The average molecular weight is 450 g/mol. The fourth-order valence-electron chi connectivity index (χ4n) is 3.98. The molecule has 2 amide bonds. The molecule has 0 unspecified atom stereocenters. The molecule has 33 heavy (non-hydrogen) atoms. The van der Waals surface area contributed by atoms with Crippen LogP contribution in [-0.4, -0.2) is 35.8 Å². The lowest BCUT2D eigenvalue weighted by Crippen LogP contribution is -2.56.